The van der Waals surface area contributed by atoms with Crippen molar-refractivity contribution in [2.45, 2.75) is 25.8 Å². The molecule has 4 rings (SSSR count). The lowest BCUT2D eigenvalue weighted by Crippen LogP contribution is -2.47. The van der Waals surface area contributed by atoms with Gasteiger partial charge in [-0.3, -0.25) is 14.5 Å². The van der Waals surface area contributed by atoms with Gasteiger partial charge in [-0.25, -0.2) is 0 Å². The number of rotatable bonds is 8. The van der Waals surface area contributed by atoms with Crippen LogP contribution in [0.3, 0.4) is 0 Å². The molecule has 0 saturated heterocycles. The summed E-state index contributed by atoms with van der Waals surface area (Å²) in [5.41, 5.74) is 4.37. The van der Waals surface area contributed by atoms with Crippen molar-refractivity contribution < 1.29 is 24.2 Å². The summed E-state index contributed by atoms with van der Waals surface area (Å²) in [7, 11) is 1.52. The van der Waals surface area contributed by atoms with Gasteiger partial charge in [-0.2, -0.15) is 0 Å². The van der Waals surface area contributed by atoms with Crippen LogP contribution in [0.25, 0.3) is 11.1 Å². The number of nitrogens with zero attached hydrogens (tertiary/aromatic N) is 2. The second-order valence-electron chi connectivity index (χ2n) is 8.50. The molecule has 1 aliphatic carbocycles. The van der Waals surface area contributed by atoms with Crippen LogP contribution in [0.1, 0.15) is 29.7 Å². The van der Waals surface area contributed by atoms with E-state index in [-0.39, 0.29) is 24.2 Å². The molecule has 34 heavy (non-hydrogen) atoms. The third-order valence-corrected chi connectivity index (χ3v) is 6.76. The molecule has 2 aromatic carbocycles. The third kappa shape index (κ3) is 4.69. The first kappa shape index (κ1) is 24.6. The molecule has 1 atom stereocenters. The fourth-order valence-electron chi connectivity index (χ4n) is 5.04. The lowest BCUT2D eigenvalue weighted by molar-refractivity contribution is -0.135. The van der Waals surface area contributed by atoms with Crippen molar-refractivity contribution in [3.63, 3.8) is 0 Å². The molecule has 0 spiro atoms. The van der Waals surface area contributed by atoms with Crippen molar-refractivity contribution in [3.8, 4) is 28.4 Å². The number of esters is 1. The number of fused-ring (bicyclic) bond motifs is 2. The molecule has 0 radical (unpaired) electrons. The molecule has 0 bridgehead atoms. The molecule has 1 N–H and O–H groups in total. The highest BCUT2D eigenvalue weighted by Gasteiger charge is 2.39. The van der Waals surface area contributed by atoms with Crippen molar-refractivity contribution in [2.24, 2.45) is 0 Å². The molecule has 9 heteroatoms. The molecule has 182 valence electrons. The molecule has 0 saturated carbocycles. The second kappa shape index (κ2) is 10.4. The Morgan fingerprint density at radius 2 is 1.91 bits per heavy atom. The van der Waals surface area contributed by atoms with Crippen LogP contribution < -0.4 is 9.47 Å². The highest BCUT2D eigenvalue weighted by atomic mass is 35.5. The van der Waals surface area contributed by atoms with Gasteiger partial charge in [0.1, 0.15) is 5.75 Å². The first-order valence-corrected chi connectivity index (χ1v) is 12.3. The Bertz CT molecular complexity index is 1100. The van der Waals surface area contributed by atoms with E-state index in [0.717, 1.165) is 27.8 Å². The largest absolute Gasteiger partial charge is 0.508 e. The number of hydrogen-bond donors (Lipinski definition) is 1. The molecule has 1 heterocycles. The lowest BCUT2D eigenvalue weighted by atomic mass is 9.76. The zero-order chi connectivity index (χ0) is 24.4. The number of hydrogen-bond acceptors (Lipinski definition) is 6. The minimum absolute atomic E-state index is 0.0158. The second-order valence-corrected chi connectivity index (χ2v) is 9.26. The highest BCUT2D eigenvalue weighted by molar-refractivity contribution is 6.18. The Kier molecular flexibility index (Phi) is 7.55. The summed E-state index contributed by atoms with van der Waals surface area (Å²) in [5.74, 6) is 1.30. The van der Waals surface area contributed by atoms with Crippen molar-refractivity contribution in [2.75, 3.05) is 45.0 Å². The number of amides is 1. The Morgan fingerprint density at radius 3 is 2.56 bits per heavy atom. The van der Waals surface area contributed by atoms with Gasteiger partial charge in [0.15, 0.2) is 11.5 Å². The average Bonchev–Trinajstić information content (AvgIpc) is 2.79. The lowest BCUT2D eigenvalue weighted by Gasteiger charge is -2.42. The Morgan fingerprint density at radius 1 is 1.18 bits per heavy atom. The summed E-state index contributed by atoms with van der Waals surface area (Å²) in [6.07, 6.45) is 1.18. The van der Waals surface area contributed by atoms with Gasteiger partial charge in [0, 0.05) is 43.9 Å². The minimum atomic E-state index is -0.460. The monoisotopic (exact) mass is 506 g/mol. The Balaban J connectivity index is 1.78. The summed E-state index contributed by atoms with van der Waals surface area (Å²) < 4.78 is 11.1. The average molecular weight is 507 g/mol. The number of aromatic hydroxyl groups is 1. The standard InChI is InChI=1S/C25H28Cl2N2O5/c1-15(30)34-25-21(33-2)4-3-16-12-20-23-17(11-18(31)13-19(23)24(16)25)5-8-29(20)22(32)14-28(9-6-26)10-7-27/h3-4,11,13,20,31H,5-10,12,14H2,1-2H3/t20-/m0/s1. The van der Waals surface area contributed by atoms with Crippen LogP contribution in [0.5, 0.6) is 17.2 Å². The highest BCUT2D eigenvalue weighted by Crippen LogP contribution is 2.52. The number of phenolic OH excluding ortho intramolecular Hbond substituents is 1. The molecule has 0 fully saturated rings. The molecular weight excluding hydrogens is 479 g/mol. The van der Waals surface area contributed by atoms with Gasteiger partial charge in [0.2, 0.25) is 5.91 Å². The predicted octanol–water partition coefficient (Wildman–Crippen LogP) is 3.75. The summed E-state index contributed by atoms with van der Waals surface area (Å²) in [4.78, 5) is 29.2. The number of halogens is 2. The van der Waals surface area contributed by atoms with Crippen LogP contribution in [-0.2, 0) is 22.4 Å². The molecule has 2 aromatic rings. The maximum absolute atomic E-state index is 13.4. The van der Waals surface area contributed by atoms with E-state index in [4.69, 9.17) is 32.7 Å². The van der Waals surface area contributed by atoms with Gasteiger partial charge in [-0.05, 0) is 53.3 Å². The molecular formula is C25H28Cl2N2O5. The third-order valence-electron chi connectivity index (χ3n) is 6.42. The van der Waals surface area contributed by atoms with Crippen molar-refractivity contribution in [1.82, 2.24) is 9.80 Å². The first-order valence-electron chi connectivity index (χ1n) is 11.3. The van der Waals surface area contributed by atoms with E-state index >= 15 is 0 Å². The summed E-state index contributed by atoms with van der Waals surface area (Å²) >= 11 is 11.8. The number of ether oxygens (including phenoxy) is 2. The van der Waals surface area contributed by atoms with E-state index in [0.29, 0.717) is 55.7 Å². The van der Waals surface area contributed by atoms with E-state index in [9.17, 15) is 14.7 Å². The zero-order valence-corrected chi connectivity index (χ0v) is 20.8. The number of benzene rings is 2. The smallest absolute Gasteiger partial charge is 0.308 e. The maximum atomic E-state index is 13.4. The molecule has 2 aliphatic rings. The molecule has 7 nitrogen and oxygen atoms in total. The van der Waals surface area contributed by atoms with E-state index in [2.05, 4.69) is 0 Å². The van der Waals surface area contributed by atoms with Gasteiger partial charge < -0.3 is 19.5 Å². The van der Waals surface area contributed by atoms with Crippen LogP contribution >= 0.6 is 23.2 Å². The Labute approximate surface area is 209 Å². The van der Waals surface area contributed by atoms with Crippen LogP contribution in [0, 0.1) is 0 Å². The summed E-state index contributed by atoms with van der Waals surface area (Å²) in [6.45, 7) is 3.31. The van der Waals surface area contributed by atoms with Crippen LogP contribution in [0.15, 0.2) is 24.3 Å². The quantitative estimate of drug-likeness (QED) is 0.333. The molecule has 0 unspecified atom stereocenters. The normalized spacial score (nSPS) is 16.1. The molecule has 1 aliphatic heterocycles. The van der Waals surface area contributed by atoms with E-state index in [1.807, 2.05) is 15.9 Å². The zero-order valence-electron chi connectivity index (χ0n) is 19.3. The SMILES string of the molecule is COc1ccc2c(c1OC(C)=O)-c1cc(O)cc3c1[C@H](C2)N(C(=O)CN(CCCl)CCCl)CC3. The van der Waals surface area contributed by atoms with Gasteiger partial charge in [0.05, 0.1) is 19.7 Å². The van der Waals surface area contributed by atoms with Gasteiger partial charge in [0.25, 0.3) is 0 Å². The van der Waals surface area contributed by atoms with Crippen molar-refractivity contribution >= 4 is 35.1 Å². The topological polar surface area (TPSA) is 79.3 Å². The first-order chi connectivity index (χ1) is 16.4. The van der Waals surface area contributed by atoms with Crippen LogP contribution in [0.4, 0.5) is 0 Å². The summed E-state index contributed by atoms with van der Waals surface area (Å²) in [5, 5.41) is 10.5. The maximum Gasteiger partial charge on any atom is 0.308 e. The van der Waals surface area contributed by atoms with Gasteiger partial charge in [-0.1, -0.05) is 6.07 Å². The van der Waals surface area contributed by atoms with Crippen LogP contribution in [0.2, 0.25) is 0 Å². The van der Waals surface area contributed by atoms with Crippen molar-refractivity contribution in [3.05, 3.63) is 41.0 Å². The summed E-state index contributed by atoms with van der Waals surface area (Å²) in [6, 6.07) is 6.95. The number of carbonyl (C=O) groups excluding carboxylic acids is 2. The molecule has 1 amide bonds. The van der Waals surface area contributed by atoms with E-state index in [1.165, 1.54) is 14.0 Å². The Hall–Kier alpha value is -2.48. The fraction of sp³-hybridized carbons (Fsp3) is 0.440. The van der Waals surface area contributed by atoms with Crippen molar-refractivity contribution in [1.29, 1.82) is 0 Å². The van der Waals surface area contributed by atoms with E-state index in [1.54, 1.807) is 18.2 Å². The van der Waals surface area contributed by atoms with Crippen LogP contribution in [-0.4, -0.2) is 71.8 Å². The van der Waals surface area contributed by atoms with Gasteiger partial charge in [-0.15, -0.1) is 23.2 Å². The number of carbonyl (C=O) groups is 2. The predicted molar refractivity (Wildman–Crippen MR) is 131 cm³/mol. The minimum Gasteiger partial charge on any atom is -0.508 e. The number of phenols is 1. The molecule has 0 aromatic heterocycles. The van der Waals surface area contributed by atoms with E-state index < -0.39 is 5.97 Å². The number of alkyl halides is 2. The number of methoxy groups -OCH3 is 1. The fourth-order valence-corrected chi connectivity index (χ4v) is 5.52. The van der Waals surface area contributed by atoms with Gasteiger partial charge >= 0.3 is 5.97 Å².